The first-order chi connectivity index (χ1) is 39.5. The van der Waals surface area contributed by atoms with Gasteiger partial charge in [-0.25, -0.2) is 4.98 Å². The largest absolute Gasteiger partial charge is 0.457 e. The molecule has 0 fully saturated rings. The van der Waals surface area contributed by atoms with Crippen LogP contribution in [0.5, 0.6) is 11.5 Å². The lowest BCUT2D eigenvalue weighted by atomic mass is 9.77. The normalized spacial score (nSPS) is 14.3. The first kappa shape index (κ1) is 46.3. The summed E-state index contributed by atoms with van der Waals surface area (Å²) in [4.78, 5) is 9.69. The maximum atomic E-state index is 9.58. The number of thiophene rings is 1. The van der Waals surface area contributed by atoms with Gasteiger partial charge in [0.25, 0.3) is 0 Å². The molecule has 0 unspecified atom stereocenters. The Hall–Kier alpha value is -7.67. The number of aromatic nitrogens is 2. The second-order valence-electron chi connectivity index (χ2n) is 25.9. The zero-order valence-corrected chi connectivity index (χ0v) is 49.3. The van der Waals surface area contributed by atoms with Crippen LogP contribution in [-0.2, 0) is 21.7 Å². The molecule has 3 aromatic heterocycles. The van der Waals surface area contributed by atoms with Gasteiger partial charge >= 0.3 is 0 Å². The van der Waals surface area contributed by atoms with Crippen molar-refractivity contribution in [2.75, 3.05) is 16.5 Å². The summed E-state index contributed by atoms with van der Waals surface area (Å²) in [6, 6.07) is 44.3. The predicted octanol–water partition coefficient (Wildman–Crippen LogP) is 21.0. The molecular formula is C73H74N4OS. The predicted molar refractivity (Wildman–Crippen MR) is 340 cm³/mol. The standard InChI is InChI=1S/C73H74N4OS/c1-44-45(2)65(47-23-17-16-18-24-47)68(66(46(44)3)48-35-50(71(7,8)9)37-51(36-48)72(10,11)12)76-43-75(59-26-20-21-27-60(59)76)53-38-52(73(13,14)15)39-55(41-53)78-54-29-30-58-62(42-54)77(64-40-49(33-34-74-64)70(4,5)6)61-32-31-57-56-25-19-22-28-63(56)79-69(57)67(58)61/h16-42H,43H2,1-15H3/i16D,17D,18D,23D,24D. The summed E-state index contributed by atoms with van der Waals surface area (Å²) in [7, 11) is 0. The van der Waals surface area contributed by atoms with Gasteiger partial charge < -0.3 is 14.5 Å². The Labute approximate surface area is 479 Å². The molecule has 0 amide bonds. The molecule has 0 N–H and O–H groups in total. The van der Waals surface area contributed by atoms with Gasteiger partial charge in [0, 0.05) is 66.1 Å². The molecule has 5 nitrogen and oxygen atoms in total. The summed E-state index contributed by atoms with van der Waals surface area (Å²) in [6.07, 6.45) is 1.93. The van der Waals surface area contributed by atoms with Gasteiger partial charge in [0.1, 0.15) is 24.0 Å². The molecule has 1 aliphatic heterocycles. The molecule has 6 heteroatoms. The molecule has 0 saturated heterocycles. The van der Waals surface area contributed by atoms with E-state index in [-0.39, 0.29) is 51.4 Å². The lowest BCUT2D eigenvalue weighted by Gasteiger charge is -2.32. The van der Waals surface area contributed by atoms with Crippen LogP contribution in [0.2, 0.25) is 0 Å². The monoisotopic (exact) mass is 1060 g/mol. The molecule has 79 heavy (non-hydrogen) atoms. The smallest absolute Gasteiger partial charge is 0.137 e. The molecule has 0 atom stereocenters. The van der Waals surface area contributed by atoms with Crippen LogP contribution in [-0.4, -0.2) is 16.2 Å². The number of rotatable bonds is 7. The van der Waals surface area contributed by atoms with Crippen molar-refractivity contribution in [3.05, 3.63) is 203 Å². The number of benzene rings is 8. The molecule has 398 valence electrons. The SMILES string of the molecule is [2H]c1c([2H])c([2H])c(-c2c(C)c(C)c(C)c(-c3cc(C(C)(C)C)cc(C(C)(C)C)c3)c2N2CN(c3cc(Oc4ccc5c6c7sc8ccccc8c7ccc6n(-c6cc(C(C)(C)C)ccn6)c5c4)cc(C(C)(C)C)c3)c3ccccc32)c([2H])c1[2H]. The van der Waals surface area contributed by atoms with Gasteiger partial charge in [-0.2, -0.15) is 0 Å². The van der Waals surface area contributed by atoms with Crippen LogP contribution in [0.25, 0.3) is 70.0 Å². The molecule has 11 aromatic rings. The Morgan fingerprint density at radius 1 is 0.506 bits per heavy atom. The molecule has 0 radical (unpaired) electrons. The minimum absolute atomic E-state index is 0.0900. The van der Waals surface area contributed by atoms with Crippen LogP contribution in [0.3, 0.4) is 0 Å². The number of nitrogens with zero attached hydrogens (tertiary/aromatic N) is 4. The maximum Gasteiger partial charge on any atom is 0.137 e. The number of fused-ring (bicyclic) bond motifs is 8. The molecule has 12 rings (SSSR count). The Kier molecular flexibility index (Phi) is 11.0. The van der Waals surface area contributed by atoms with Gasteiger partial charge in [-0.1, -0.05) is 168 Å². The zero-order valence-electron chi connectivity index (χ0n) is 53.5. The van der Waals surface area contributed by atoms with Crippen LogP contribution in [0.15, 0.2) is 164 Å². The highest BCUT2D eigenvalue weighted by molar-refractivity contribution is 7.26. The van der Waals surface area contributed by atoms with Crippen molar-refractivity contribution in [2.24, 2.45) is 0 Å². The van der Waals surface area contributed by atoms with Gasteiger partial charge in [0.05, 0.1) is 34.9 Å². The molecule has 8 aromatic carbocycles. The lowest BCUT2D eigenvalue weighted by Crippen LogP contribution is -2.26. The van der Waals surface area contributed by atoms with Gasteiger partial charge in [0.15, 0.2) is 0 Å². The van der Waals surface area contributed by atoms with E-state index in [0.717, 1.165) is 78.4 Å². The number of ether oxygens (including phenoxy) is 1. The van der Waals surface area contributed by atoms with Crippen LogP contribution in [0.4, 0.5) is 22.7 Å². The van der Waals surface area contributed by atoms with Crippen molar-refractivity contribution in [3.8, 4) is 39.6 Å². The molecule has 0 saturated carbocycles. The van der Waals surface area contributed by atoms with E-state index >= 15 is 0 Å². The summed E-state index contributed by atoms with van der Waals surface area (Å²) < 4.78 is 57.9. The molecule has 0 bridgehead atoms. The summed E-state index contributed by atoms with van der Waals surface area (Å²) in [6.45, 7) is 33.5. The minimum atomic E-state index is -0.419. The second kappa shape index (κ2) is 18.7. The third-order valence-electron chi connectivity index (χ3n) is 16.5. The van der Waals surface area contributed by atoms with E-state index in [1.165, 1.54) is 42.2 Å². The van der Waals surface area contributed by atoms with Gasteiger partial charge in [0.2, 0.25) is 0 Å². The molecule has 0 spiro atoms. The summed E-state index contributed by atoms with van der Waals surface area (Å²) in [5.74, 6) is 2.23. The van der Waals surface area contributed by atoms with Crippen LogP contribution in [0, 0.1) is 20.8 Å². The average molecular weight is 1060 g/mol. The van der Waals surface area contributed by atoms with Crippen molar-refractivity contribution in [2.45, 2.75) is 126 Å². The fourth-order valence-corrected chi connectivity index (χ4v) is 12.9. The first-order valence-corrected chi connectivity index (χ1v) is 28.5. The van der Waals surface area contributed by atoms with Crippen molar-refractivity contribution < 1.29 is 11.6 Å². The Balaban J connectivity index is 1.06. The van der Waals surface area contributed by atoms with Crippen molar-refractivity contribution in [1.82, 2.24) is 9.55 Å². The zero-order chi connectivity index (χ0) is 60.0. The lowest BCUT2D eigenvalue weighted by molar-refractivity contribution is 0.479. The number of pyridine rings is 1. The average Bonchev–Trinajstić information content (AvgIpc) is 1.50. The summed E-state index contributed by atoms with van der Waals surface area (Å²) >= 11 is 1.83. The molecule has 0 aliphatic carbocycles. The first-order valence-electron chi connectivity index (χ1n) is 30.2. The van der Waals surface area contributed by atoms with Crippen LogP contribution >= 0.6 is 11.3 Å². The minimum Gasteiger partial charge on any atom is -0.457 e. The van der Waals surface area contributed by atoms with Gasteiger partial charge in [-0.15, -0.1) is 11.3 Å². The van der Waals surface area contributed by atoms with E-state index in [1.54, 1.807) is 0 Å². The van der Waals surface area contributed by atoms with E-state index in [4.69, 9.17) is 13.8 Å². The van der Waals surface area contributed by atoms with Crippen LogP contribution in [0.1, 0.15) is 129 Å². The fourth-order valence-electron chi connectivity index (χ4n) is 11.7. The highest BCUT2D eigenvalue weighted by atomic mass is 32.1. The number of para-hydroxylation sites is 2. The number of hydrogen-bond donors (Lipinski definition) is 0. The second-order valence-corrected chi connectivity index (χ2v) is 27.0. The molecule has 1 aliphatic rings. The van der Waals surface area contributed by atoms with Gasteiger partial charge in [-0.05, 0) is 153 Å². The number of anilines is 4. The van der Waals surface area contributed by atoms with E-state index in [1.807, 2.05) is 24.5 Å². The third kappa shape index (κ3) is 9.06. The van der Waals surface area contributed by atoms with E-state index < -0.39 is 6.04 Å². The maximum absolute atomic E-state index is 9.58. The Morgan fingerprint density at radius 2 is 1.11 bits per heavy atom. The topological polar surface area (TPSA) is 33.5 Å². The van der Waals surface area contributed by atoms with Crippen molar-refractivity contribution >= 4 is 76.1 Å². The van der Waals surface area contributed by atoms with E-state index in [9.17, 15) is 2.74 Å². The van der Waals surface area contributed by atoms with E-state index in [2.05, 4.69) is 239 Å². The summed E-state index contributed by atoms with van der Waals surface area (Å²) in [5, 5.41) is 4.82. The van der Waals surface area contributed by atoms with Gasteiger partial charge in [-0.3, -0.25) is 4.57 Å². The molecule has 4 heterocycles. The quantitative estimate of drug-likeness (QED) is 0.159. The molecular weight excluding hydrogens is 981 g/mol. The Morgan fingerprint density at radius 3 is 1.78 bits per heavy atom. The number of hydrogen-bond acceptors (Lipinski definition) is 5. The fraction of sp³-hybridized carbons (Fsp3) is 0.274. The highest BCUT2D eigenvalue weighted by Crippen LogP contribution is 2.54. The summed E-state index contributed by atoms with van der Waals surface area (Å²) in [5.41, 5.74) is 15.3. The highest BCUT2D eigenvalue weighted by Gasteiger charge is 2.35. The van der Waals surface area contributed by atoms with Crippen molar-refractivity contribution in [1.29, 1.82) is 0 Å². The van der Waals surface area contributed by atoms with Crippen molar-refractivity contribution in [3.63, 3.8) is 0 Å². The Bertz CT molecular complexity index is 4480. The van der Waals surface area contributed by atoms with E-state index in [0.29, 0.717) is 23.7 Å². The third-order valence-corrected chi connectivity index (χ3v) is 17.7. The van der Waals surface area contributed by atoms with Crippen LogP contribution < -0.4 is 14.5 Å².